The minimum absolute atomic E-state index is 0.174. The van der Waals surface area contributed by atoms with Gasteiger partial charge in [-0.25, -0.2) is 4.79 Å². The van der Waals surface area contributed by atoms with Crippen LogP contribution in [0, 0.1) is 5.92 Å². The highest BCUT2D eigenvalue weighted by atomic mass is 16.6. The molecule has 4 rings (SSSR count). The molecule has 1 fully saturated rings. The Morgan fingerprint density at radius 2 is 1.81 bits per heavy atom. The molecule has 3 aliphatic heterocycles. The maximum atomic E-state index is 12.6. The van der Waals surface area contributed by atoms with Crippen LogP contribution < -0.4 is 0 Å². The molecule has 0 aromatic carbocycles. The number of esters is 3. The van der Waals surface area contributed by atoms with Crippen LogP contribution in [0.15, 0.2) is 40.4 Å². The van der Waals surface area contributed by atoms with E-state index in [0.29, 0.717) is 23.5 Å². The summed E-state index contributed by atoms with van der Waals surface area (Å²) in [6, 6.07) is 3.55. The number of fused-ring (bicyclic) bond motifs is 5. The van der Waals surface area contributed by atoms with Crippen molar-refractivity contribution in [3.63, 3.8) is 0 Å². The number of ether oxygens (including phenoxy) is 4. The molecule has 8 nitrogen and oxygen atoms in total. The Balaban J connectivity index is 1.80. The van der Waals surface area contributed by atoms with Gasteiger partial charge in [0.05, 0.1) is 5.57 Å². The number of rotatable bonds is 3. The molecule has 31 heavy (non-hydrogen) atoms. The van der Waals surface area contributed by atoms with Crippen LogP contribution in [-0.4, -0.2) is 35.7 Å². The average molecular weight is 430 g/mol. The summed E-state index contributed by atoms with van der Waals surface area (Å²) in [5.74, 6) is -0.982. The minimum Gasteiger partial charge on any atom is -0.459 e. The summed E-state index contributed by atoms with van der Waals surface area (Å²) in [5, 5.41) is 0. The number of epoxide rings is 1. The highest BCUT2D eigenvalue weighted by Crippen LogP contribution is 2.54. The molecule has 6 atom stereocenters. The molecule has 6 unspecified atom stereocenters. The Morgan fingerprint density at radius 1 is 1.13 bits per heavy atom. The van der Waals surface area contributed by atoms with Crippen LogP contribution in [0.2, 0.25) is 0 Å². The predicted molar refractivity (Wildman–Crippen MR) is 107 cm³/mol. The van der Waals surface area contributed by atoms with Crippen molar-refractivity contribution >= 4 is 17.9 Å². The predicted octanol–water partition coefficient (Wildman–Crippen LogP) is 3.48. The van der Waals surface area contributed by atoms with E-state index in [4.69, 9.17) is 23.4 Å². The van der Waals surface area contributed by atoms with Crippen molar-refractivity contribution in [2.24, 2.45) is 5.92 Å². The van der Waals surface area contributed by atoms with Crippen molar-refractivity contribution in [3.8, 4) is 0 Å². The summed E-state index contributed by atoms with van der Waals surface area (Å²) < 4.78 is 28.6. The van der Waals surface area contributed by atoms with Gasteiger partial charge in [-0.3, -0.25) is 9.59 Å². The number of furan rings is 1. The molecule has 166 valence electrons. The third-order valence-electron chi connectivity index (χ3n) is 5.95. The lowest BCUT2D eigenvalue weighted by Crippen LogP contribution is -2.29. The SMILES string of the molecule is C=C(C)C1CC(OC(C)=O)C2=CC(CC3(C)OC3c3ccc(o3)C1OC(C)=O)OC2=O. The molecule has 1 aromatic heterocycles. The zero-order valence-electron chi connectivity index (χ0n) is 18.0. The third kappa shape index (κ3) is 4.17. The highest BCUT2D eigenvalue weighted by molar-refractivity contribution is 5.92. The van der Waals surface area contributed by atoms with Gasteiger partial charge >= 0.3 is 17.9 Å². The number of hydrogen-bond donors (Lipinski definition) is 0. The molecule has 0 amide bonds. The molecule has 1 aromatic rings. The van der Waals surface area contributed by atoms with Crippen molar-refractivity contribution in [2.75, 3.05) is 0 Å². The van der Waals surface area contributed by atoms with Gasteiger partial charge in [0.1, 0.15) is 35.4 Å². The van der Waals surface area contributed by atoms with Gasteiger partial charge < -0.3 is 23.4 Å². The van der Waals surface area contributed by atoms with Crippen LogP contribution in [0.1, 0.15) is 64.3 Å². The van der Waals surface area contributed by atoms with E-state index in [2.05, 4.69) is 6.58 Å². The summed E-state index contributed by atoms with van der Waals surface area (Å²) >= 11 is 0. The van der Waals surface area contributed by atoms with Crippen molar-refractivity contribution < 1.29 is 37.7 Å². The standard InChI is InChI=1S/C23H26O8/c1-11(2)15-9-19(27-12(3)24)16-8-14(29-22(16)26)10-23(5)21(31-23)18-7-6-17(30-18)20(15)28-13(4)25/h6-8,14-15,19-21H,1,9-10H2,2-5H3. The van der Waals surface area contributed by atoms with Crippen LogP contribution in [0.25, 0.3) is 0 Å². The van der Waals surface area contributed by atoms with Crippen molar-refractivity contribution in [1.82, 2.24) is 0 Å². The summed E-state index contributed by atoms with van der Waals surface area (Å²) in [7, 11) is 0. The fourth-order valence-corrected chi connectivity index (χ4v) is 4.43. The first kappa shape index (κ1) is 21.4. The van der Waals surface area contributed by atoms with Gasteiger partial charge in [-0.15, -0.1) is 0 Å². The van der Waals surface area contributed by atoms with E-state index in [1.165, 1.54) is 13.8 Å². The Bertz CT molecular complexity index is 972. The van der Waals surface area contributed by atoms with E-state index >= 15 is 0 Å². The molecule has 8 heteroatoms. The quantitative estimate of drug-likeness (QED) is 0.311. The zero-order valence-corrected chi connectivity index (χ0v) is 18.0. The molecule has 0 N–H and O–H groups in total. The normalized spacial score (nSPS) is 34.1. The molecule has 0 saturated carbocycles. The van der Waals surface area contributed by atoms with Crippen LogP contribution in [0.3, 0.4) is 0 Å². The molecule has 4 bridgehead atoms. The van der Waals surface area contributed by atoms with Crippen molar-refractivity contribution in [3.05, 3.63) is 47.5 Å². The van der Waals surface area contributed by atoms with Crippen LogP contribution in [-0.2, 0) is 33.3 Å². The average Bonchev–Trinajstić information content (AvgIpc) is 3.00. The first-order valence-corrected chi connectivity index (χ1v) is 10.3. The van der Waals surface area contributed by atoms with Gasteiger partial charge in [-0.1, -0.05) is 12.2 Å². The van der Waals surface area contributed by atoms with E-state index in [9.17, 15) is 14.4 Å². The van der Waals surface area contributed by atoms with Gasteiger partial charge in [0, 0.05) is 26.2 Å². The third-order valence-corrected chi connectivity index (χ3v) is 5.95. The second-order valence-corrected chi connectivity index (χ2v) is 8.64. The Labute approximate surface area is 180 Å². The number of hydrogen-bond acceptors (Lipinski definition) is 8. The van der Waals surface area contributed by atoms with Gasteiger partial charge in [-0.2, -0.15) is 0 Å². The van der Waals surface area contributed by atoms with E-state index in [1.807, 2.05) is 6.92 Å². The van der Waals surface area contributed by atoms with Crippen molar-refractivity contribution in [1.29, 1.82) is 0 Å². The molecule has 1 saturated heterocycles. The first-order chi connectivity index (χ1) is 14.6. The maximum Gasteiger partial charge on any atom is 0.338 e. The second kappa shape index (κ2) is 7.67. The number of carbonyl (C=O) groups is 3. The molecular formula is C23H26O8. The lowest BCUT2D eigenvalue weighted by molar-refractivity contribution is -0.154. The topological polar surface area (TPSA) is 105 Å². The summed E-state index contributed by atoms with van der Waals surface area (Å²) in [6.07, 6.45) is -0.182. The van der Waals surface area contributed by atoms with Crippen LogP contribution in [0.4, 0.5) is 0 Å². The Hall–Kier alpha value is -2.87. The lowest BCUT2D eigenvalue weighted by Gasteiger charge is -2.29. The molecule has 0 spiro atoms. The van der Waals surface area contributed by atoms with Gasteiger partial charge in [0.15, 0.2) is 6.10 Å². The highest BCUT2D eigenvalue weighted by Gasteiger charge is 2.57. The smallest absolute Gasteiger partial charge is 0.338 e. The zero-order chi connectivity index (χ0) is 22.5. The Kier molecular flexibility index (Phi) is 5.29. The van der Waals surface area contributed by atoms with Crippen LogP contribution in [0.5, 0.6) is 0 Å². The summed E-state index contributed by atoms with van der Waals surface area (Å²) in [5.41, 5.74) is 0.390. The molecule has 3 aliphatic rings. The maximum absolute atomic E-state index is 12.6. The first-order valence-electron chi connectivity index (χ1n) is 10.3. The van der Waals surface area contributed by atoms with E-state index in [-0.39, 0.29) is 18.1 Å². The van der Waals surface area contributed by atoms with E-state index in [1.54, 1.807) is 25.1 Å². The molecule has 0 aliphatic carbocycles. The molecule has 4 heterocycles. The number of carbonyl (C=O) groups excluding carboxylic acids is 3. The largest absolute Gasteiger partial charge is 0.459 e. The van der Waals surface area contributed by atoms with Crippen LogP contribution >= 0.6 is 0 Å². The monoisotopic (exact) mass is 430 g/mol. The van der Waals surface area contributed by atoms with Crippen molar-refractivity contribution in [2.45, 2.75) is 70.6 Å². The Morgan fingerprint density at radius 3 is 2.45 bits per heavy atom. The second-order valence-electron chi connectivity index (χ2n) is 8.64. The van der Waals surface area contributed by atoms with E-state index in [0.717, 1.165) is 0 Å². The lowest BCUT2D eigenvalue weighted by atomic mass is 9.86. The summed E-state index contributed by atoms with van der Waals surface area (Å²) in [4.78, 5) is 36.4. The fourth-order valence-electron chi connectivity index (χ4n) is 4.43. The van der Waals surface area contributed by atoms with Gasteiger partial charge in [0.2, 0.25) is 0 Å². The molecule has 0 radical (unpaired) electrons. The summed E-state index contributed by atoms with van der Waals surface area (Å²) in [6.45, 7) is 10.3. The minimum atomic E-state index is -0.881. The van der Waals surface area contributed by atoms with Gasteiger partial charge in [0.25, 0.3) is 0 Å². The van der Waals surface area contributed by atoms with E-state index < -0.39 is 47.7 Å². The molecular weight excluding hydrogens is 404 g/mol. The van der Waals surface area contributed by atoms with Gasteiger partial charge in [-0.05, 0) is 38.5 Å². The fraction of sp³-hybridized carbons (Fsp3) is 0.522.